The topological polar surface area (TPSA) is 51.0 Å². The quantitative estimate of drug-likeness (QED) is 0.677. The summed E-state index contributed by atoms with van der Waals surface area (Å²) in [5.74, 6) is -0.524. The fraction of sp³-hybridized carbons (Fsp3) is 0.0909. The highest BCUT2D eigenvalue weighted by atomic mass is 19.1. The zero-order chi connectivity index (χ0) is 11.0. The van der Waals surface area contributed by atoms with Crippen molar-refractivity contribution in [1.82, 2.24) is 15.0 Å². The van der Waals surface area contributed by atoms with Crippen LogP contribution in [0.5, 0.6) is 0 Å². The summed E-state index contributed by atoms with van der Waals surface area (Å²) in [6, 6.07) is 3.33. The predicted molar refractivity (Wildman–Crippen MR) is 56.5 cm³/mol. The number of rotatable bonds is 1. The van der Waals surface area contributed by atoms with Gasteiger partial charge in [-0.05, 0) is 12.1 Å². The Labute approximate surface area is 90.9 Å². The number of hydrogen-bond donors (Lipinski definition) is 0. The van der Waals surface area contributed by atoms with E-state index in [2.05, 4.69) is 19.9 Å². The largest absolute Gasteiger partial charge is 0.286 e. The Balaban J connectivity index is 2.25. The normalized spacial score (nSPS) is 12.8. The Morgan fingerprint density at radius 3 is 3.00 bits per heavy atom. The van der Waals surface area contributed by atoms with E-state index >= 15 is 0 Å². The van der Waals surface area contributed by atoms with Gasteiger partial charge in [-0.25, -0.2) is 15.0 Å². The van der Waals surface area contributed by atoms with Crippen LogP contribution in [-0.2, 0) is 6.54 Å². The first kappa shape index (κ1) is 9.08. The van der Waals surface area contributed by atoms with Gasteiger partial charge in [0.1, 0.15) is 6.33 Å². The maximum absolute atomic E-state index is 13.5. The molecule has 1 aliphatic heterocycles. The molecule has 0 unspecified atom stereocenters. The third-order valence-electron chi connectivity index (χ3n) is 2.44. The number of fused-ring (bicyclic) bond motifs is 1. The molecule has 16 heavy (non-hydrogen) atoms. The van der Waals surface area contributed by atoms with Gasteiger partial charge in [0.15, 0.2) is 0 Å². The maximum Gasteiger partial charge on any atom is 0.222 e. The average molecular weight is 214 g/mol. The van der Waals surface area contributed by atoms with E-state index in [0.29, 0.717) is 17.8 Å². The van der Waals surface area contributed by atoms with E-state index in [1.165, 1.54) is 12.5 Å². The highest BCUT2D eigenvalue weighted by Crippen LogP contribution is 2.25. The summed E-state index contributed by atoms with van der Waals surface area (Å²) in [5, 5.41) is 0. The molecule has 0 atom stereocenters. The number of pyridine rings is 1. The van der Waals surface area contributed by atoms with E-state index in [4.69, 9.17) is 0 Å². The lowest BCUT2D eigenvalue weighted by Gasteiger charge is -2.04. The molecule has 0 fully saturated rings. The predicted octanol–water partition coefficient (Wildman–Crippen LogP) is 1.61. The van der Waals surface area contributed by atoms with Gasteiger partial charge in [0.05, 0.1) is 23.5 Å². The molecule has 1 aliphatic rings. The minimum Gasteiger partial charge on any atom is -0.286 e. The molecule has 3 heterocycles. The van der Waals surface area contributed by atoms with Gasteiger partial charge in [-0.2, -0.15) is 4.39 Å². The molecule has 2 aromatic rings. The molecule has 0 radical (unpaired) electrons. The molecule has 0 saturated heterocycles. The van der Waals surface area contributed by atoms with Gasteiger partial charge >= 0.3 is 0 Å². The standard InChI is InChI=1S/C11H7FN4/c12-11-7(2-1-3-14-11)10-8-4-13-5-9(8)15-6-16-10/h1-4,6H,5H2. The number of hydrogen-bond acceptors (Lipinski definition) is 4. The van der Waals surface area contributed by atoms with Crippen LogP contribution in [0.15, 0.2) is 29.6 Å². The summed E-state index contributed by atoms with van der Waals surface area (Å²) in [7, 11) is 0. The van der Waals surface area contributed by atoms with Gasteiger partial charge in [0.25, 0.3) is 0 Å². The summed E-state index contributed by atoms with van der Waals surface area (Å²) in [6.45, 7) is 0.534. The highest BCUT2D eigenvalue weighted by Gasteiger charge is 2.17. The molecule has 2 aromatic heterocycles. The van der Waals surface area contributed by atoms with Crippen molar-refractivity contribution in [2.24, 2.45) is 4.99 Å². The Hall–Kier alpha value is -2.17. The summed E-state index contributed by atoms with van der Waals surface area (Å²) in [5.41, 5.74) is 2.55. The fourth-order valence-electron chi connectivity index (χ4n) is 1.69. The van der Waals surface area contributed by atoms with Crippen molar-refractivity contribution < 1.29 is 4.39 Å². The van der Waals surface area contributed by atoms with Crippen molar-refractivity contribution in [3.05, 3.63) is 41.9 Å². The average Bonchev–Trinajstić information content (AvgIpc) is 2.77. The van der Waals surface area contributed by atoms with E-state index in [1.807, 2.05) is 0 Å². The van der Waals surface area contributed by atoms with Crippen LogP contribution in [0.4, 0.5) is 4.39 Å². The summed E-state index contributed by atoms with van der Waals surface area (Å²) in [6.07, 6.45) is 4.51. The van der Waals surface area contributed by atoms with Crippen LogP contribution in [0.1, 0.15) is 11.3 Å². The Bertz CT molecular complexity index is 580. The van der Waals surface area contributed by atoms with Crippen LogP contribution < -0.4 is 0 Å². The van der Waals surface area contributed by atoms with Crippen molar-refractivity contribution in [2.75, 3.05) is 0 Å². The van der Waals surface area contributed by atoms with E-state index < -0.39 is 5.95 Å². The summed E-state index contributed by atoms with van der Waals surface area (Å²) >= 11 is 0. The van der Waals surface area contributed by atoms with E-state index in [-0.39, 0.29) is 0 Å². The second kappa shape index (κ2) is 3.44. The molecule has 0 saturated carbocycles. The molecule has 0 aliphatic carbocycles. The van der Waals surface area contributed by atoms with Gasteiger partial charge in [-0.15, -0.1) is 0 Å². The molecule has 0 amide bonds. The molecule has 4 nitrogen and oxygen atoms in total. The molecule has 3 rings (SSSR count). The van der Waals surface area contributed by atoms with Crippen LogP contribution in [0.2, 0.25) is 0 Å². The minimum atomic E-state index is -0.524. The van der Waals surface area contributed by atoms with Crippen molar-refractivity contribution in [1.29, 1.82) is 0 Å². The monoisotopic (exact) mass is 214 g/mol. The third kappa shape index (κ3) is 1.29. The van der Waals surface area contributed by atoms with Crippen molar-refractivity contribution in [3.8, 4) is 11.3 Å². The van der Waals surface area contributed by atoms with Crippen LogP contribution in [0, 0.1) is 5.95 Å². The lowest BCUT2D eigenvalue weighted by Crippen LogP contribution is -1.99. The zero-order valence-electron chi connectivity index (χ0n) is 8.26. The molecule has 0 bridgehead atoms. The van der Waals surface area contributed by atoms with E-state index in [9.17, 15) is 4.39 Å². The van der Waals surface area contributed by atoms with E-state index in [1.54, 1.807) is 18.3 Å². The van der Waals surface area contributed by atoms with Gasteiger partial charge in [0.2, 0.25) is 5.95 Å². The van der Waals surface area contributed by atoms with Gasteiger partial charge in [0, 0.05) is 18.0 Å². The number of aliphatic imine (C=N–C) groups is 1. The number of nitrogens with zero attached hydrogens (tertiary/aromatic N) is 4. The molecule has 0 N–H and O–H groups in total. The van der Waals surface area contributed by atoms with Crippen LogP contribution in [0.25, 0.3) is 11.3 Å². The Morgan fingerprint density at radius 2 is 2.12 bits per heavy atom. The minimum absolute atomic E-state index is 0.384. The Morgan fingerprint density at radius 1 is 1.19 bits per heavy atom. The number of aromatic nitrogens is 3. The van der Waals surface area contributed by atoms with Crippen molar-refractivity contribution >= 4 is 6.21 Å². The second-order valence-corrected chi connectivity index (χ2v) is 3.39. The van der Waals surface area contributed by atoms with Crippen molar-refractivity contribution in [3.63, 3.8) is 0 Å². The van der Waals surface area contributed by atoms with Gasteiger partial charge in [-0.1, -0.05) is 0 Å². The summed E-state index contributed by atoms with van der Waals surface area (Å²) in [4.78, 5) is 15.9. The van der Waals surface area contributed by atoms with E-state index in [0.717, 1.165) is 11.3 Å². The Kier molecular flexibility index (Phi) is 1.96. The molecule has 0 spiro atoms. The first-order valence-electron chi connectivity index (χ1n) is 4.81. The fourth-order valence-corrected chi connectivity index (χ4v) is 1.69. The number of halogens is 1. The van der Waals surface area contributed by atoms with Crippen molar-refractivity contribution in [2.45, 2.75) is 6.54 Å². The smallest absolute Gasteiger partial charge is 0.222 e. The first-order chi connectivity index (χ1) is 7.86. The summed E-state index contributed by atoms with van der Waals surface area (Å²) < 4.78 is 13.5. The van der Waals surface area contributed by atoms with Crippen LogP contribution in [0.3, 0.4) is 0 Å². The van der Waals surface area contributed by atoms with Gasteiger partial charge in [-0.3, -0.25) is 4.99 Å². The maximum atomic E-state index is 13.5. The molecular formula is C11H7FN4. The molecular weight excluding hydrogens is 207 g/mol. The highest BCUT2D eigenvalue weighted by molar-refractivity contribution is 5.91. The first-order valence-corrected chi connectivity index (χ1v) is 4.81. The van der Waals surface area contributed by atoms with Crippen LogP contribution in [-0.4, -0.2) is 21.2 Å². The molecule has 0 aromatic carbocycles. The van der Waals surface area contributed by atoms with Crippen LogP contribution >= 0.6 is 0 Å². The third-order valence-corrected chi connectivity index (χ3v) is 2.44. The second-order valence-electron chi connectivity index (χ2n) is 3.39. The molecule has 5 heteroatoms. The lowest BCUT2D eigenvalue weighted by molar-refractivity contribution is 0.587. The van der Waals surface area contributed by atoms with Gasteiger partial charge < -0.3 is 0 Å². The zero-order valence-corrected chi connectivity index (χ0v) is 8.26. The lowest BCUT2D eigenvalue weighted by atomic mass is 10.1. The SMILES string of the molecule is Fc1ncccc1-c1ncnc2c1C=NC2. The molecule has 78 valence electrons.